The van der Waals surface area contributed by atoms with Gasteiger partial charge in [0.05, 0.1) is 6.10 Å². The zero-order valence-corrected chi connectivity index (χ0v) is 60.6. The fraction of sp³-hybridized carbons (Fsp3) is 0.809. The quantitative estimate of drug-likeness (QED) is 0.128. The number of amides is 11. The van der Waals surface area contributed by atoms with Crippen LogP contribution >= 0.6 is 0 Å². The molecule has 14 atom stereocenters. The summed E-state index contributed by atoms with van der Waals surface area (Å²) < 4.78 is 0. The first-order valence-corrected chi connectivity index (χ1v) is 33.8. The molecular weight excluding hydrogens is 1180 g/mol. The number of likely N-dealkylation sites (tertiary alicyclic amines) is 1. The average Bonchev–Trinajstić information content (AvgIpc) is 0.865. The second-order valence-electron chi connectivity index (χ2n) is 28.4. The molecule has 24 heteroatoms. The van der Waals surface area contributed by atoms with Gasteiger partial charge in [0.1, 0.15) is 66.5 Å². The van der Waals surface area contributed by atoms with Gasteiger partial charge in [-0.05, 0) is 140 Å². The number of nitrogens with zero attached hydrogens (tertiary/aromatic N) is 8. The predicted molar refractivity (Wildman–Crippen MR) is 358 cm³/mol. The number of likely N-dealkylation sites (N-methyl/N-ethyl adjacent to an activating group) is 7. The van der Waals surface area contributed by atoms with Crippen molar-refractivity contribution in [2.24, 2.45) is 41.4 Å². The van der Waals surface area contributed by atoms with E-state index in [2.05, 4.69) is 26.2 Å². The summed E-state index contributed by atoms with van der Waals surface area (Å²) in [7, 11) is 10.1. The highest BCUT2D eigenvalue weighted by molar-refractivity contribution is 6.00. The van der Waals surface area contributed by atoms with Gasteiger partial charge in [-0.3, -0.25) is 52.7 Å². The summed E-state index contributed by atoms with van der Waals surface area (Å²) in [4.78, 5) is 174. The molecule has 0 aliphatic carbocycles. The molecule has 0 aromatic carbocycles. The Bertz CT molecular complexity index is 2520. The maximum atomic E-state index is 15.3. The Balaban J connectivity index is 3.04. The van der Waals surface area contributed by atoms with Crippen LogP contribution in [0.3, 0.4) is 0 Å². The van der Waals surface area contributed by atoms with Gasteiger partial charge >= 0.3 is 0 Å². The van der Waals surface area contributed by atoms with Gasteiger partial charge in [0.15, 0.2) is 0 Å². The zero-order valence-electron chi connectivity index (χ0n) is 60.6. The van der Waals surface area contributed by atoms with Crippen LogP contribution in [0.5, 0.6) is 0 Å². The fourth-order valence-corrected chi connectivity index (χ4v) is 12.5. The lowest BCUT2D eigenvalue weighted by Crippen LogP contribution is -2.64. The Hall–Kier alpha value is -6.17. The third kappa shape index (κ3) is 22.2. The molecule has 2 saturated heterocycles. The first kappa shape index (κ1) is 81.9. The van der Waals surface area contributed by atoms with Crippen LogP contribution in [-0.4, -0.2) is 251 Å². The Kier molecular flexibility index (Phi) is 33.5. The topological polar surface area (TPSA) is 282 Å². The van der Waals surface area contributed by atoms with Gasteiger partial charge < -0.3 is 65.6 Å². The van der Waals surface area contributed by atoms with Crippen LogP contribution in [0, 0.1) is 41.4 Å². The van der Waals surface area contributed by atoms with Gasteiger partial charge in [-0.15, -0.1) is 0 Å². The first-order chi connectivity index (χ1) is 42.7. The van der Waals surface area contributed by atoms with Crippen molar-refractivity contribution in [1.29, 1.82) is 0 Å². The maximum Gasteiger partial charge on any atom is 0.246 e. The van der Waals surface area contributed by atoms with Crippen LogP contribution in [0.2, 0.25) is 0 Å². The summed E-state index contributed by atoms with van der Waals surface area (Å²) in [6.07, 6.45) is 6.55. The second kappa shape index (κ2) is 37.7. The summed E-state index contributed by atoms with van der Waals surface area (Å²) in [5.74, 6) is -10.0. The summed E-state index contributed by atoms with van der Waals surface area (Å²) >= 11 is 0. The smallest absolute Gasteiger partial charge is 0.246 e. The molecule has 0 bridgehead atoms. The van der Waals surface area contributed by atoms with Gasteiger partial charge in [-0.25, -0.2) is 0 Å². The van der Waals surface area contributed by atoms with Crippen LogP contribution in [0.1, 0.15) is 175 Å². The minimum atomic E-state index is -1.62. The summed E-state index contributed by atoms with van der Waals surface area (Å²) in [6, 6.07) is -13.7. The minimum Gasteiger partial charge on any atom is -0.390 e. The molecule has 11 amide bonds. The highest BCUT2D eigenvalue weighted by Gasteiger charge is 2.46. The summed E-state index contributed by atoms with van der Waals surface area (Å²) in [5, 5.41) is 23.4. The van der Waals surface area contributed by atoms with Crippen molar-refractivity contribution in [3.8, 4) is 0 Å². The van der Waals surface area contributed by atoms with Crippen LogP contribution in [0.4, 0.5) is 0 Å². The highest BCUT2D eigenvalue weighted by Crippen LogP contribution is 2.27. The molecule has 0 saturated carbocycles. The zero-order chi connectivity index (χ0) is 70.7. The number of piperidine rings is 1. The standard InChI is InChI=1S/C68H122N12O12/c1-25-27-31-45(14)57(81)56-61(85)71-49(26-2)64(88)73(18)48(17)63(87)78(23)55(44(13)32-35-80-33-29-28-30-34-80)60(84)72-53(42(9)10)67(91)74(19)50(36-39(3)4)59(83)69-46(15)58(82)70-47(16)62(86)75(20)51(37-40(5)6)65(89)76(21)52(38-41(7)8)66(90)77(22)54(43(11)12)68(92)79(56)24/h25,27,39-57,81H,26,28-38H2,1-24H3,(H,69,83)(H,70,82)(H,71,85)(H,72,84)/b27-25+/t44-,45-,46+,47-,48-,49+,50+,51+,52+,53+,54+,55+,56+,57-/m1/s1. The van der Waals surface area contributed by atoms with E-state index in [0.717, 1.165) is 37.3 Å². The molecule has 2 aliphatic heterocycles. The number of nitrogens with one attached hydrogen (secondary N) is 4. The largest absolute Gasteiger partial charge is 0.390 e. The van der Waals surface area contributed by atoms with Crippen LogP contribution in [0.15, 0.2) is 12.2 Å². The Morgan fingerprint density at radius 2 is 0.924 bits per heavy atom. The molecular formula is C68H122N12O12. The van der Waals surface area contributed by atoms with Gasteiger partial charge in [0.25, 0.3) is 0 Å². The molecule has 2 heterocycles. The number of aliphatic hydroxyl groups is 1. The van der Waals surface area contributed by atoms with Gasteiger partial charge in [0, 0.05) is 49.3 Å². The van der Waals surface area contributed by atoms with Crippen molar-refractivity contribution in [3.05, 3.63) is 12.2 Å². The van der Waals surface area contributed by atoms with E-state index < -0.39 is 161 Å². The Labute approximate surface area is 551 Å². The fourth-order valence-electron chi connectivity index (χ4n) is 12.5. The lowest BCUT2D eigenvalue weighted by Gasteiger charge is -2.41. The number of hydrogen-bond donors (Lipinski definition) is 5. The molecule has 5 N–H and O–H groups in total. The highest BCUT2D eigenvalue weighted by atomic mass is 16.3. The number of hydrogen-bond acceptors (Lipinski definition) is 13. The lowest BCUT2D eigenvalue weighted by atomic mass is 9.91. The molecule has 0 unspecified atom stereocenters. The van der Waals surface area contributed by atoms with E-state index in [-0.39, 0.29) is 43.4 Å². The Morgan fingerprint density at radius 3 is 1.41 bits per heavy atom. The third-order valence-electron chi connectivity index (χ3n) is 18.7. The average molecular weight is 1300 g/mol. The predicted octanol–water partition coefficient (Wildman–Crippen LogP) is 4.12. The lowest BCUT2D eigenvalue weighted by molar-refractivity contribution is -0.157. The van der Waals surface area contributed by atoms with Crippen LogP contribution in [0.25, 0.3) is 0 Å². The van der Waals surface area contributed by atoms with Crippen LogP contribution < -0.4 is 21.3 Å². The third-order valence-corrected chi connectivity index (χ3v) is 18.7. The molecule has 0 aromatic rings. The van der Waals surface area contributed by atoms with E-state index in [1.54, 1.807) is 47.6 Å². The van der Waals surface area contributed by atoms with E-state index in [1.807, 2.05) is 61.5 Å². The molecule has 92 heavy (non-hydrogen) atoms. The van der Waals surface area contributed by atoms with Crippen molar-refractivity contribution in [1.82, 2.24) is 60.5 Å². The molecule has 0 radical (unpaired) electrons. The van der Waals surface area contributed by atoms with E-state index in [4.69, 9.17) is 0 Å². The second-order valence-corrected chi connectivity index (χ2v) is 28.4. The molecule has 24 nitrogen and oxygen atoms in total. The molecule has 2 fully saturated rings. The number of carbonyl (C=O) groups excluding carboxylic acids is 11. The molecule has 0 aromatic heterocycles. The van der Waals surface area contributed by atoms with Gasteiger partial charge in [0.2, 0.25) is 65.0 Å². The monoisotopic (exact) mass is 1300 g/mol. The number of aliphatic hydroxyl groups excluding tert-OH is 1. The van der Waals surface area contributed by atoms with Crippen molar-refractivity contribution >= 4 is 65.0 Å². The van der Waals surface area contributed by atoms with Crippen LogP contribution in [-0.2, 0) is 52.7 Å². The van der Waals surface area contributed by atoms with Crippen molar-refractivity contribution in [3.63, 3.8) is 0 Å². The van der Waals surface area contributed by atoms with Crippen molar-refractivity contribution in [2.75, 3.05) is 69.0 Å². The molecule has 526 valence electrons. The van der Waals surface area contributed by atoms with Gasteiger partial charge in [-0.1, -0.05) is 109 Å². The first-order valence-electron chi connectivity index (χ1n) is 33.8. The molecule has 0 spiro atoms. The summed E-state index contributed by atoms with van der Waals surface area (Å²) in [6.45, 7) is 32.1. The maximum absolute atomic E-state index is 15.3. The SMILES string of the molecule is C/C=C/C[C@@H](C)[C@@H](O)[C@H]1C(=O)N[C@@H](CC)C(=O)N(C)[C@H](C)C(=O)N(C)[C@@H]([C@H](C)CCN2CCCCC2)C(=O)N[C@@H](C(C)C)C(=O)N(C)[C@@H](CC(C)C)C(=O)N[C@@H](C)C(=O)N[C@H](C)C(=O)N(C)[C@@H](CC(C)C)C(=O)N(C)[C@@H](CC(C)C)C(=O)N(C)[C@@H](C(C)C)C(=O)N1C. The molecule has 2 rings (SSSR count). The van der Waals surface area contributed by atoms with E-state index >= 15 is 24.0 Å². The summed E-state index contributed by atoms with van der Waals surface area (Å²) in [5.41, 5.74) is 0. The Morgan fingerprint density at radius 1 is 0.467 bits per heavy atom. The van der Waals surface area contributed by atoms with Gasteiger partial charge in [-0.2, -0.15) is 0 Å². The van der Waals surface area contributed by atoms with Crippen molar-refractivity contribution < 1.29 is 57.8 Å². The number of rotatable bonds is 17. The van der Waals surface area contributed by atoms with E-state index in [1.165, 1.54) is 99.5 Å². The van der Waals surface area contributed by atoms with E-state index in [9.17, 15) is 33.9 Å². The normalized spacial score (nSPS) is 28.1. The number of carbonyl (C=O) groups is 11. The minimum absolute atomic E-state index is 0.0158. The van der Waals surface area contributed by atoms with E-state index in [0.29, 0.717) is 19.4 Å². The van der Waals surface area contributed by atoms with Crippen molar-refractivity contribution in [2.45, 2.75) is 248 Å². The number of allylic oxidation sites excluding steroid dienone is 2. The molecule has 2 aliphatic rings.